The number of ketones is 1. The number of carboxylic acid groups (broad SMARTS) is 1. The molecule has 3 aromatic rings. The van der Waals surface area contributed by atoms with Crippen LogP contribution in [0.25, 0.3) is 0 Å². The molecule has 1 aromatic heterocycles. The number of aromatic nitrogens is 2. The third-order valence-corrected chi connectivity index (χ3v) is 6.31. The number of hydrogen-bond acceptors (Lipinski definition) is 5. The Morgan fingerprint density at radius 3 is 2.38 bits per heavy atom. The number of benzene rings is 2. The Morgan fingerprint density at radius 1 is 1.11 bits per heavy atom. The molecule has 8 nitrogen and oxygen atoms in total. The summed E-state index contributed by atoms with van der Waals surface area (Å²) < 4.78 is 6.74. The summed E-state index contributed by atoms with van der Waals surface area (Å²) in [6, 6.07) is 12.1. The summed E-state index contributed by atoms with van der Waals surface area (Å²) in [6.45, 7) is 5.00. The molecule has 2 atom stereocenters. The van der Waals surface area contributed by atoms with Gasteiger partial charge in [-0.25, -0.2) is 14.6 Å². The fourth-order valence-electron chi connectivity index (χ4n) is 3.59. The Bertz CT molecular complexity index is 1290. The summed E-state index contributed by atoms with van der Waals surface area (Å²) in [5.41, 5.74) is 0.332. The summed E-state index contributed by atoms with van der Waals surface area (Å²) in [6.07, 6.45) is 2.05. The molecule has 0 aliphatic rings. The number of carboxylic acids is 1. The van der Waals surface area contributed by atoms with E-state index in [2.05, 4.69) is 10.3 Å². The van der Waals surface area contributed by atoms with Gasteiger partial charge in [-0.1, -0.05) is 53.5 Å². The normalized spacial score (nSPS) is 13.9. The van der Waals surface area contributed by atoms with Crippen LogP contribution in [0.1, 0.15) is 42.4 Å². The maximum Gasteiger partial charge on any atom is 0.408 e. The molecule has 0 spiro atoms. The van der Waals surface area contributed by atoms with Gasteiger partial charge in [-0.05, 0) is 44.5 Å². The van der Waals surface area contributed by atoms with Gasteiger partial charge in [0.15, 0.2) is 10.7 Å². The van der Waals surface area contributed by atoms with Crippen molar-refractivity contribution < 1.29 is 24.2 Å². The van der Waals surface area contributed by atoms with E-state index < -0.39 is 34.4 Å². The van der Waals surface area contributed by atoms with Gasteiger partial charge in [-0.2, -0.15) is 0 Å². The first-order chi connectivity index (χ1) is 17.3. The number of amides is 1. The van der Waals surface area contributed by atoms with Gasteiger partial charge in [0.2, 0.25) is 0 Å². The Balaban J connectivity index is 1.86. The highest BCUT2D eigenvalue weighted by atomic mass is 35.5. The molecule has 0 aliphatic heterocycles. The minimum atomic E-state index is -1.56. The SMILES string of the molecule is CC(C)(C)OC(=O)N[C@@H](Cc1cn(CC(Cl)(C(=O)c2ccc(Cl)cc2Cl)c2ccccc2)cn1)C(=O)O. The number of Topliss-reactive ketones (excluding diaryl/α,β-unsaturated/α-hetero) is 1. The number of halogens is 3. The lowest BCUT2D eigenvalue weighted by Gasteiger charge is -2.27. The number of alkyl carbamates (subject to hydrolysis) is 1. The van der Waals surface area contributed by atoms with Crippen LogP contribution in [0.5, 0.6) is 0 Å². The minimum Gasteiger partial charge on any atom is -0.480 e. The number of carbonyl (C=O) groups is 3. The fraction of sp³-hybridized carbons (Fsp3) is 0.308. The standard InChI is InChI=1S/C26H26Cl3N3O5/c1-25(2,3)37-24(36)31-21(23(34)35)12-18-13-32(15-30-18)14-26(29,16-7-5-4-6-8-16)22(33)19-10-9-17(27)11-20(19)28/h4-11,13,15,21H,12,14H2,1-3H3,(H,31,36)(H,34,35)/t21-,26?/m0/s1. The Labute approximate surface area is 229 Å². The molecular formula is C26H26Cl3N3O5. The first kappa shape index (κ1) is 28.5. The van der Waals surface area contributed by atoms with Crippen LogP contribution in [-0.4, -0.2) is 44.1 Å². The van der Waals surface area contributed by atoms with E-state index >= 15 is 0 Å². The molecule has 0 aliphatic carbocycles. The first-order valence-electron chi connectivity index (χ1n) is 11.3. The van der Waals surface area contributed by atoms with Crippen molar-refractivity contribution in [1.29, 1.82) is 0 Å². The molecule has 37 heavy (non-hydrogen) atoms. The van der Waals surface area contributed by atoms with Gasteiger partial charge >= 0.3 is 12.1 Å². The van der Waals surface area contributed by atoms with Gasteiger partial charge in [0.1, 0.15) is 11.6 Å². The van der Waals surface area contributed by atoms with Crippen molar-refractivity contribution in [3.05, 3.63) is 87.9 Å². The zero-order chi connectivity index (χ0) is 27.4. The van der Waals surface area contributed by atoms with Gasteiger partial charge in [0.25, 0.3) is 0 Å². The number of nitrogens with one attached hydrogen (secondary N) is 1. The Kier molecular flexibility index (Phi) is 8.89. The lowest BCUT2D eigenvalue weighted by atomic mass is 9.89. The molecule has 3 rings (SSSR count). The number of ether oxygens (including phenoxy) is 1. The molecule has 2 aromatic carbocycles. The van der Waals surface area contributed by atoms with E-state index in [1.54, 1.807) is 67.9 Å². The summed E-state index contributed by atoms with van der Waals surface area (Å²) in [7, 11) is 0. The second kappa shape index (κ2) is 11.5. The van der Waals surface area contributed by atoms with Crippen molar-refractivity contribution in [1.82, 2.24) is 14.9 Å². The number of imidazole rings is 1. The van der Waals surface area contributed by atoms with Crippen molar-refractivity contribution in [2.75, 3.05) is 0 Å². The van der Waals surface area contributed by atoms with Crippen molar-refractivity contribution in [3.63, 3.8) is 0 Å². The van der Waals surface area contributed by atoms with E-state index in [4.69, 9.17) is 39.5 Å². The molecule has 0 saturated heterocycles. The van der Waals surface area contributed by atoms with Crippen molar-refractivity contribution in [2.45, 2.75) is 50.3 Å². The van der Waals surface area contributed by atoms with Crippen LogP contribution in [0.2, 0.25) is 10.0 Å². The molecule has 0 bridgehead atoms. The molecular weight excluding hydrogens is 541 g/mol. The summed E-state index contributed by atoms with van der Waals surface area (Å²) in [5.74, 6) is -1.68. The van der Waals surface area contributed by atoms with Gasteiger partial charge < -0.3 is 19.7 Å². The number of hydrogen-bond donors (Lipinski definition) is 2. The second-order valence-electron chi connectivity index (χ2n) is 9.40. The van der Waals surface area contributed by atoms with E-state index in [1.807, 2.05) is 0 Å². The predicted octanol–water partition coefficient (Wildman–Crippen LogP) is 5.73. The van der Waals surface area contributed by atoms with Crippen LogP contribution in [0.15, 0.2) is 61.1 Å². The highest BCUT2D eigenvalue weighted by Crippen LogP contribution is 2.37. The number of alkyl halides is 1. The average molecular weight is 567 g/mol. The molecule has 0 saturated carbocycles. The Morgan fingerprint density at radius 2 is 1.78 bits per heavy atom. The molecule has 1 unspecified atom stereocenters. The molecule has 2 N–H and O–H groups in total. The summed E-state index contributed by atoms with van der Waals surface area (Å²) in [4.78, 5) is 40.2. The zero-order valence-electron chi connectivity index (χ0n) is 20.4. The summed E-state index contributed by atoms with van der Waals surface area (Å²) in [5, 5.41) is 12.5. The van der Waals surface area contributed by atoms with Crippen molar-refractivity contribution >= 4 is 52.6 Å². The first-order valence-corrected chi connectivity index (χ1v) is 12.4. The van der Waals surface area contributed by atoms with Crippen LogP contribution in [0.4, 0.5) is 4.79 Å². The molecule has 0 fully saturated rings. The van der Waals surface area contributed by atoms with E-state index in [0.29, 0.717) is 16.3 Å². The number of nitrogens with zero attached hydrogens (tertiary/aromatic N) is 2. The smallest absolute Gasteiger partial charge is 0.408 e. The van der Waals surface area contributed by atoms with Crippen LogP contribution in [0.3, 0.4) is 0 Å². The maximum atomic E-state index is 13.7. The topological polar surface area (TPSA) is 111 Å². The molecule has 196 valence electrons. The molecule has 1 heterocycles. The van der Waals surface area contributed by atoms with Gasteiger partial charge in [-0.15, -0.1) is 11.6 Å². The van der Waals surface area contributed by atoms with Gasteiger partial charge in [0.05, 0.1) is 23.6 Å². The third kappa shape index (κ3) is 7.47. The molecule has 1 amide bonds. The highest BCUT2D eigenvalue weighted by molar-refractivity contribution is 6.42. The molecule has 11 heteroatoms. The number of aliphatic carboxylic acids is 1. The fourth-order valence-corrected chi connectivity index (χ4v) is 4.45. The van der Waals surface area contributed by atoms with Crippen LogP contribution in [0, 0.1) is 0 Å². The van der Waals surface area contributed by atoms with Crippen LogP contribution < -0.4 is 5.32 Å². The quantitative estimate of drug-likeness (QED) is 0.253. The average Bonchev–Trinajstić information content (AvgIpc) is 3.24. The number of carbonyl (C=O) groups excluding carboxylic acids is 2. The summed E-state index contributed by atoms with van der Waals surface area (Å²) >= 11 is 19.3. The van der Waals surface area contributed by atoms with Gasteiger partial charge in [-0.3, -0.25) is 4.79 Å². The lowest BCUT2D eigenvalue weighted by molar-refractivity contribution is -0.139. The van der Waals surface area contributed by atoms with Crippen LogP contribution >= 0.6 is 34.8 Å². The van der Waals surface area contributed by atoms with E-state index in [1.165, 1.54) is 18.5 Å². The van der Waals surface area contributed by atoms with E-state index in [9.17, 15) is 19.5 Å². The number of rotatable bonds is 9. The van der Waals surface area contributed by atoms with E-state index in [0.717, 1.165) is 0 Å². The predicted molar refractivity (Wildman–Crippen MR) is 141 cm³/mol. The highest BCUT2D eigenvalue weighted by Gasteiger charge is 2.40. The van der Waals surface area contributed by atoms with Gasteiger partial charge in [0, 0.05) is 23.2 Å². The maximum absolute atomic E-state index is 13.7. The van der Waals surface area contributed by atoms with E-state index in [-0.39, 0.29) is 23.6 Å². The van der Waals surface area contributed by atoms with Crippen molar-refractivity contribution in [2.24, 2.45) is 0 Å². The molecule has 0 radical (unpaired) electrons. The largest absolute Gasteiger partial charge is 0.480 e. The zero-order valence-corrected chi connectivity index (χ0v) is 22.6. The second-order valence-corrected chi connectivity index (χ2v) is 10.9. The lowest BCUT2D eigenvalue weighted by Crippen LogP contribution is -2.44. The van der Waals surface area contributed by atoms with Crippen LogP contribution in [-0.2, 0) is 27.4 Å². The monoisotopic (exact) mass is 565 g/mol. The third-order valence-electron chi connectivity index (χ3n) is 5.26. The Hall–Kier alpha value is -3.07. The minimum absolute atomic E-state index is 0.0272. The van der Waals surface area contributed by atoms with Crippen molar-refractivity contribution in [3.8, 4) is 0 Å².